The molecule has 0 unspecified atom stereocenters. The molecule has 2 aliphatic carbocycles. The van der Waals surface area contributed by atoms with Crippen LogP contribution >= 0.6 is 24.2 Å². The van der Waals surface area contributed by atoms with Gasteiger partial charge in [-0.1, -0.05) is 56.5 Å². The number of aromatic nitrogens is 3. The number of rotatable bonds is 4. The molecule has 1 N–H and O–H groups in total. The van der Waals surface area contributed by atoms with E-state index in [0.29, 0.717) is 16.8 Å². The maximum absolute atomic E-state index is 12.6. The summed E-state index contributed by atoms with van der Waals surface area (Å²) in [5.41, 5.74) is 2.54. The lowest BCUT2D eigenvalue weighted by molar-refractivity contribution is 0.284. The van der Waals surface area contributed by atoms with Crippen molar-refractivity contribution in [3.63, 3.8) is 0 Å². The standard InChI is InChI=1S/C19H19ClN4O.C9H18S/c1-12-6-2-5-9-16(12)22-19-21-11-13-10-15(20)18(25)24(17(13)23-19)14-7-3-4-8-14;1-7(2)8-3-5-9(10)6-4-8/h2,5-6,9-11,14H,3-4,7-8H2,1H3,(H,21,22,23);7-10H,3-6H2,1-2H3. The highest BCUT2D eigenvalue weighted by atomic mass is 35.5. The van der Waals surface area contributed by atoms with Crippen molar-refractivity contribution < 1.29 is 0 Å². The van der Waals surface area contributed by atoms with E-state index < -0.39 is 0 Å². The molecular weight excluding hydrogens is 476 g/mol. The molecule has 188 valence electrons. The van der Waals surface area contributed by atoms with Crippen LogP contribution in [0.3, 0.4) is 0 Å². The molecule has 0 aliphatic heterocycles. The van der Waals surface area contributed by atoms with Gasteiger partial charge in [0.1, 0.15) is 10.7 Å². The molecule has 0 saturated heterocycles. The number of hydrogen-bond acceptors (Lipinski definition) is 5. The van der Waals surface area contributed by atoms with Crippen LogP contribution in [0.1, 0.15) is 76.8 Å². The first-order valence-electron chi connectivity index (χ1n) is 12.9. The molecule has 35 heavy (non-hydrogen) atoms. The van der Waals surface area contributed by atoms with E-state index in [1.165, 1.54) is 25.7 Å². The van der Waals surface area contributed by atoms with Gasteiger partial charge in [-0.25, -0.2) is 4.98 Å². The third-order valence-electron chi connectivity index (χ3n) is 7.49. The van der Waals surface area contributed by atoms with Crippen molar-refractivity contribution >= 4 is 46.9 Å². The smallest absolute Gasteiger partial charge is 0.271 e. The fourth-order valence-electron chi connectivity index (χ4n) is 5.25. The molecule has 2 aromatic heterocycles. The van der Waals surface area contributed by atoms with Crippen molar-refractivity contribution in [2.75, 3.05) is 5.32 Å². The van der Waals surface area contributed by atoms with Gasteiger partial charge in [0.05, 0.1) is 0 Å². The molecule has 5 rings (SSSR count). The number of nitrogens with zero attached hydrogens (tertiary/aromatic N) is 3. The Morgan fingerprint density at radius 1 is 1.09 bits per heavy atom. The van der Waals surface area contributed by atoms with Crippen LogP contribution in [0.25, 0.3) is 11.0 Å². The van der Waals surface area contributed by atoms with Gasteiger partial charge in [0.2, 0.25) is 5.95 Å². The second-order valence-electron chi connectivity index (χ2n) is 10.3. The van der Waals surface area contributed by atoms with E-state index in [9.17, 15) is 4.79 Å². The molecule has 2 saturated carbocycles. The molecule has 3 aromatic rings. The quantitative estimate of drug-likeness (QED) is 0.351. The third kappa shape index (κ3) is 6.39. The lowest BCUT2D eigenvalue weighted by Gasteiger charge is -2.28. The minimum Gasteiger partial charge on any atom is -0.324 e. The largest absolute Gasteiger partial charge is 0.324 e. The van der Waals surface area contributed by atoms with Gasteiger partial charge in [-0.05, 0) is 75.0 Å². The van der Waals surface area contributed by atoms with Crippen molar-refractivity contribution in [1.82, 2.24) is 14.5 Å². The zero-order chi connectivity index (χ0) is 24.9. The summed E-state index contributed by atoms with van der Waals surface area (Å²) in [6.45, 7) is 6.70. The second-order valence-corrected chi connectivity index (χ2v) is 11.5. The number of fused-ring (bicyclic) bond motifs is 1. The van der Waals surface area contributed by atoms with Crippen molar-refractivity contribution in [2.45, 2.75) is 83.4 Å². The van der Waals surface area contributed by atoms with Crippen LogP contribution in [0.4, 0.5) is 11.6 Å². The van der Waals surface area contributed by atoms with Crippen LogP contribution in [0.2, 0.25) is 5.02 Å². The molecule has 0 atom stereocenters. The van der Waals surface area contributed by atoms with E-state index in [1.54, 1.807) is 16.8 Å². The van der Waals surface area contributed by atoms with Crippen molar-refractivity contribution in [2.24, 2.45) is 11.8 Å². The highest BCUT2D eigenvalue weighted by Gasteiger charge is 2.23. The number of hydrogen-bond donors (Lipinski definition) is 2. The SMILES string of the molecule is CC(C)C1CCC(S)CC1.Cc1ccccc1Nc1ncc2cc(Cl)c(=O)n(C3CCCC3)c2n1. The Bertz CT molecular complexity index is 1200. The summed E-state index contributed by atoms with van der Waals surface area (Å²) in [7, 11) is 0. The Morgan fingerprint density at radius 2 is 1.77 bits per heavy atom. The minimum atomic E-state index is -0.165. The van der Waals surface area contributed by atoms with Gasteiger partial charge in [-0.2, -0.15) is 17.6 Å². The van der Waals surface area contributed by atoms with Gasteiger partial charge in [0, 0.05) is 28.6 Å². The van der Waals surface area contributed by atoms with Crippen LogP contribution in [0.5, 0.6) is 0 Å². The zero-order valence-electron chi connectivity index (χ0n) is 21.0. The fraction of sp³-hybridized carbons (Fsp3) is 0.536. The second kappa shape index (κ2) is 11.8. The molecule has 2 fully saturated rings. The number of benzene rings is 1. The van der Waals surface area contributed by atoms with Crippen molar-refractivity contribution in [3.8, 4) is 0 Å². The Kier molecular flexibility index (Phi) is 8.77. The molecule has 0 bridgehead atoms. The number of nitrogens with one attached hydrogen (secondary N) is 1. The fourth-order valence-corrected chi connectivity index (χ4v) is 5.76. The third-order valence-corrected chi connectivity index (χ3v) is 8.28. The Morgan fingerprint density at radius 3 is 2.43 bits per heavy atom. The molecule has 0 radical (unpaired) electrons. The Hall–Kier alpha value is -2.05. The van der Waals surface area contributed by atoms with Gasteiger partial charge in [0.15, 0.2) is 0 Å². The summed E-state index contributed by atoms with van der Waals surface area (Å²) >= 11 is 10.6. The Balaban J connectivity index is 0.000000243. The first kappa shape index (κ1) is 26.0. The maximum atomic E-state index is 12.6. The summed E-state index contributed by atoms with van der Waals surface area (Å²) in [6.07, 6.45) is 11.4. The molecule has 2 heterocycles. The van der Waals surface area contributed by atoms with E-state index in [1.807, 2.05) is 31.2 Å². The number of para-hydroxylation sites is 1. The van der Waals surface area contributed by atoms with E-state index in [2.05, 4.69) is 41.8 Å². The zero-order valence-corrected chi connectivity index (χ0v) is 22.7. The maximum Gasteiger partial charge on any atom is 0.271 e. The topological polar surface area (TPSA) is 59.8 Å². The number of thiol groups is 1. The van der Waals surface area contributed by atoms with Gasteiger partial charge in [-0.15, -0.1) is 0 Å². The Labute approximate surface area is 219 Å². The summed E-state index contributed by atoms with van der Waals surface area (Å²) in [5.74, 6) is 2.36. The molecule has 0 amide bonds. The van der Waals surface area contributed by atoms with Crippen molar-refractivity contribution in [1.29, 1.82) is 0 Å². The van der Waals surface area contributed by atoms with Crippen LogP contribution in [0, 0.1) is 18.8 Å². The van der Waals surface area contributed by atoms with Crippen LogP contribution in [-0.4, -0.2) is 19.8 Å². The predicted molar refractivity (Wildman–Crippen MR) is 150 cm³/mol. The van der Waals surface area contributed by atoms with Crippen LogP contribution < -0.4 is 10.9 Å². The highest BCUT2D eigenvalue weighted by Crippen LogP contribution is 2.32. The van der Waals surface area contributed by atoms with Crippen molar-refractivity contribution in [3.05, 3.63) is 57.5 Å². The number of anilines is 2. The summed E-state index contributed by atoms with van der Waals surface area (Å²) in [4.78, 5) is 21.7. The van der Waals surface area contributed by atoms with E-state index >= 15 is 0 Å². The minimum absolute atomic E-state index is 0.162. The first-order chi connectivity index (χ1) is 16.8. The van der Waals surface area contributed by atoms with Gasteiger partial charge >= 0.3 is 0 Å². The highest BCUT2D eigenvalue weighted by molar-refractivity contribution is 7.80. The van der Waals surface area contributed by atoms with E-state index in [-0.39, 0.29) is 16.6 Å². The monoisotopic (exact) mass is 512 g/mol. The molecular formula is C28H37ClN4OS. The predicted octanol–water partition coefficient (Wildman–Crippen LogP) is 7.74. The molecule has 7 heteroatoms. The number of halogens is 1. The van der Waals surface area contributed by atoms with Crippen LogP contribution in [-0.2, 0) is 0 Å². The summed E-state index contributed by atoms with van der Waals surface area (Å²) in [5, 5.41) is 4.96. The summed E-state index contributed by atoms with van der Waals surface area (Å²) < 4.78 is 1.76. The van der Waals surface area contributed by atoms with Crippen LogP contribution in [0.15, 0.2) is 41.3 Å². The number of pyridine rings is 1. The average molecular weight is 513 g/mol. The normalized spacial score (nSPS) is 20.6. The average Bonchev–Trinajstić information content (AvgIpc) is 3.37. The first-order valence-corrected chi connectivity index (χ1v) is 13.8. The lowest BCUT2D eigenvalue weighted by Crippen LogP contribution is -2.25. The molecule has 2 aliphatic rings. The molecule has 1 aromatic carbocycles. The lowest BCUT2D eigenvalue weighted by atomic mass is 9.82. The van der Waals surface area contributed by atoms with Gasteiger partial charge in [0.25, 0.3) is 5.56 Å². The number of aryl methyl sites for hydroxylation is 1. The molecule has 0 spiro atoms. The van der Waals surface area contributed by atoms with E-state index in [4.69, 9.17) is 11.6 Å². The van der Waals surface area contributed by atoms with Gasteiger partial charge in [-0.3, -0.25) is 9.36 Å². The van der Waals surface area contributed by atoms with E-state index in [0.717, 1.165) is 54.2 Å². The molecule has 5 nitrogen and oxygen atoms in total. The summed E-state index contributed by atoms with van der Waals surface area (Å²) in [6, 6.07) is 9.77. The van der Waals surface area contributed by atoms with Gasteiger partial charge < -0.3 is 5.32 Å².